The molecule has 0 saturated carbocycles. The van der Waals surface area contributed by atoms with Gasteiger partial charge in [-0.1, -0.05) is 18.2 Å². The van der Waals surface area contributed by atoms with E-state index in [1.54, 1.807) is 0 Å². The van der Waals surface area contributed by atoms with Gasteiger partial charge in [0.05, 0.1) is 11.0 Å². The zero-order chi connectivity index (χ0) is 17.3. The number of H-pyrrole nitrogens is 1. The number of fused-ring (bicyclic) bond motifs is 1. The molecule has 26 heavy (non-hydrogen) atoms. The van der Waals surface area contributed by atoms with Crippen molar-refractivity contribution in [1.29, 1.82) is 0 Å². The third kappa shape index (κ3) is 2.56. The topological polar surface area (TPSA) is 59.4 Å². The Morgan fingerprint density at radius 3 is 2.42 bits per heavy atom. The first-order chi connectivity index (χ1) is 12.9. The largest absolute Gasteiger partial charge is 0.338 e. The molecule has 0 unspecified atom stereocenters. The fourth-order valence-corrected chi connectivity index (χ4v) is 3.10. The molecule has 3 heterocycles. The molecule has 0 atom stereocenters. The first kappa shape index (κ1) is 14.6. The van der Waals surface area contributed by atoms with Gasteiger partial charge in [0.25, 0.3) is 0 Å². The molecule has 2 aromatic carbocycles. The summed E-state index contributed by atoms with van der Waals surface area (Å²) in [7, 11) is 0. The van der Waals surface area contributed by atoms with Crippen LogP contribution >= 0.6 is 0 Å². The minimum absolute atomic E-state index is 0.850. The van der Waals surface area contributed by atoms with Crippen molar-refractivity contribution in [3.63, 3.8) is 0 Å². The molecule has 0 spiro atoms. The van der Waals surface area contributed by atoms with Crippen LogP contribution in [0.15, 0.2) is 85.7 Å². The lowest BCUT2D eigenvalue weighted by Gasteiger charge is -2.02. The van der Waals surface area contributed by atoms with Crippen LogP contribution in [-0.4, -0.2) is 24.5 Å². The monoisotopic (exact) mass is 337 g/mol. The van der Waals surface area contributed by atoms with E-state index >= 15 is 0 Å². The van der Waals surface area contributed by atoms with Gasteiger partial charge in [-0.05, 0) is 42.0 Å². The lowest BCUT2D eigenvalue weighted by atomic mass is 10.1. The summed E-state index contributed by atoms with van der Waals surface area (Å²) in [6.07, 6.45) is 9.23. The van der Waals surface area contributed by atoms with Crippen LogP contribution in [0.1, 0.15) is 0 Å². The van der Waals surface area contributed by atoms with Crippen LogP contribution in [0.5, 0.6) is 0 Å². The Hall–Kier alpha value is -3.73. The van der Waals surface area contributed by atoms with Crippen molar-refractivity contribution in [2.45, 2.75) is 0 Å². The van der Waals surface area contributed by atoms with E-state index in [0.717, 1.165) is 39.2 Å². The maximum atomic E-state index is 4.74. The van der Waals surface area contributed by atoms with Crippen LogP contribution < -0.4 is 0 Å². The van der Waals surface area contributed by atoms with Gasteiger partial charge in [-0.3, -0.25) is 0 Å². The number of benzene rings is 2. The van der Waals surface area contributed by atoms with E-state index in [4.69, 9.17) is 4.98 Å². The van der Waals surface area contributed by atoms with Gasteiger partial charge in [0.2, 0.25) is 0 Å². The Kier molecular flexibility index (Phi) is 3.35. The van der Waals surface area contributed by atoms with Gasteiger partial charge in [-0.2, -0.15) is 0 Å². The zero-order valence-corrected chi connectivity index (χ0v) is 13.9. The summed E-state index contributed by atoms with van der Waals surface area (Å²) in [5.74, 6) is 0.850. The molecule has 5 aromatic rings. The number of nitrogens with zero attached hydrogens (tertiary/aromatic N) is 4. The number of aromatic nitrogens is 5. The highest BCUT2D eigenvalue weighted by molar-refractivity contribution is 5.82. The summed E-state index contributed by atoms with van der Waals surface area (Å²) in [5.41, 5.74) is 6.15. The number of aromatic amines is 1. The van der Waals surface area contributed by atoms with E-state index in [0.29, 0.717) is 0 Å². The molecule has 0 aliphatic rings. The van der Waals surface area contributed by atoms with Gasteiger partial charge in [-0.25, -0.2) is 15.0 Å². The molecule has 1 N–H and O–H groups in total. The van der Waals surface area contributed by atoms with Gasteiger partial charge in [0.15, 0.2) is 0 Å². The molecular formula is C21H15N5. The second-order valence-corrected chi connectivity index (χ2v) is 6.09. The summed E-state index contributed by atoms with van der Waals surface area (Å²) in [4.78, 5) is 16.4. The number of hydrogen-bond donors (Lipinski definition) is 1. The minimum atomic E-state index is 0.850. The third-order valence-corrected chi connectivity index (χ3v) is 4.40. The van der Waals surface area contributed by atoms with E-state index in [1.165, 1.54) is 6.33 Å². The molecule has 0 amide bonds. The van der Waals surface area contributed by atoms with Crippen molar-refractivity contribution in [3.8, 4) is 28.2 Å². The Labute approximate surface area is 150 Å². The quantitative estimate of drug-likeness (QED) is 0.528. The van der Waals surface area contributed by atoms with Crippen molar-refractivity contribution >= 4 is 11.0 Å². The molecule has 5 nitrogen and oxygen atoms in total. The van der Waals surface area contributed by atoms with Crippen LogP contribution in [0.4, 0.5) is 0 Å². The van der Waals surface area contributed by atoms with Crippen LogP contribution in [0.2, 0.25) is 0 Å². The molecule has 0 aliphatic heterocycles. The number of rotatable bonds is 3. The summed E-state index contributed by atoms with van der Waals surface area (Å²) in [6, 6.07) is 18.5. The molecule has 0 saturated heterocycles. The molecular weight excluding hydrogens is 322 g/mol. The van der Waals surface area contributed by atoms with E-state index in [1.807, 2.05) is 49.1 Å². The van der Waals surface area contributed by atoms with Crippen molar-refractivity contribution in [1.82, 2.24) is 24.5 Å². The second kappa shape index (κ2) is 5.97. The van der Waals surface area contributed by atoms with Crippen molar-refractivity contribution in [2.75, 3.05) is 0 Å². The minimum Gasteiger partial charge on any atom is -0.338 e. The Morgan fingerprint density at radius 1 is 0.769 bits per heavy atom. The van der Waals surface area contributed by atoms with Crippen LogP contribution in [-0.2, 0) is 0 Å². The van der Waals surface area contributed by atoms with E-state index in [9.17, 15) is 0 Å². The Balaban J connectivity index is 1.57. The molecule has 5 heteroatoms. The smallest absolute Gasteiger partial charge is 0.138 e. The van der Waals surface area contributed by atoms with Gasteiger partial charge >= 0.3 is 0 Å². The first-order valence-corrected chi connectivity index (χ1v) is 8.36. The first-order valence-electron chi connectivity index (χ1n) is 8.36. The van der Waals surface area contributed by atoms with Crippen molar-refractivity contribution < 1.29 is 0 Å². The zero-order valence-electron chi connectivity index (χ0n) is 13.9. The summed E-state index contributed by atoms with van der Waals surface area (Å²) < 4.78 is 2.08. The lowest BCUT2D eigenvalue weighted by molar-refractivity contribution is 1.08. The maximum absolute atomic E-state index is 4.74. The Morgan fingerprint density at radius 2 is 1.58 bits per heavy atom. The fourth-order valence-electron chi connectivity index (χ4n) is 3.10. The highest BCUT2D eigenvalue weighted by Crippen LogP contribution is 2.26. The van der Waals surface area contributed by atoms with E-state index in [2.05, 4.69) is 49.9 Å². The number of hydrogen-bond acceptors (Lipinski definition) is 3. The van der Waals surface area contributed by atoms with Crippen molar-refractivity contribution in [3.05, 3.63) is 85.7 Å². The SMILES string of the molecule is c1cc(-c2cncnc2)cc(-c2nc3ccc(-n4cccc4)cc3[nH]2)c1. The summed E-state index contributed by atoms with van der Waals surface area (Å²) in [6.45, 7) is 0. The van der Waals surface area contributed by atoms with Crippen LogP contribution in [0.3, 0.4) is 0 Å². The molecule has 3 aromatic heterocycles. The Bertz CT molecular complexity index is 1170. The highest BCUT2D eigenvalue weighted by Gasteiger charge is 2.08. The van der Waals surface area contributed by atoms with Gasteiger partial charge in [0.1, 0.15) is 12.2 Å². The second-order valence-electron chi connectivity index (χ2n) is 6.09. The van der Waals surface area contributed by atoms with Gasteiger partial charge in [0, 0.05) is 41.6 Å². The lowest BCUT2D eigenvalue weighted by Crippen LogP contribution is -1.88. The molecule has 124 valence electrons. The fraction of sp³-hybridized carbons (Fsp3) is 0. The van der Waals surface area contributed by atoms with E-state index in [-0.39, 0.29) is 0 Å². The molecule has 0 aliphatic carbocycles. The van der Waals surface area contributed by atoms with Crippen LogP contribution in [0.25, 0.3) is 39.2 Å². The highest BCUT2D eigenvalue weighted by atomic mass is 15.0. The predicted octanol–water partition coefficient (Wildman–Crippen LogP) is 4.48. The standard InChI is InChI=1S/C21H15N5/c1-2-9-26(8-1)18-6-7-19-20(11-18)25-21(24-19)16-5-3-4-15(10-16)17-12-22-14-23-13-17/h1-14H,(H,24,25). The number of imidazole rings is 1. The average Bonchev–Trinajstić information content (AvgIpc) is 3.38. The van der Waals surface area contributed by atoms with Gasteiger partial charge < -0.3 is 9.55 Å². The maximum Gasteiger partial charge on any atom is 0.138 e. The summed E-state index contributed by atoms with van der Waals surface area (Å²) >= 11 is 0. The van der Waals surface area contributed by atoms with Crippen LogP contribution in [0, 0.1) is 0 Å². The molecule has 0 fully saturated rings. The summed E-state index contributed by atoms with van der Waals surface area (Å²) in [5, 5.41) is 0. The van der Waals surface area contributed by atoms with Crippen molar-refractivity contribution in [2.24, 2.45) is 0 Å². The molecule has 0 radical (unpaired) electrons. The molecule has 0 bridgehead atoms. The average molecular weight is 337 g/mol. The van der Waals surface area contributed by atoms with E-state index < -0.39 is 0 Å². The van der Waals surface area contributed by atoms with Gasteiger partial charge in [-0.15, -0.1) is 0 Å². The number of nitrogens with one attached hydrogen (secondary N) is 1. The molecule has 5 rings (SSSR count). The normalized spacial score (nSPS) is 11.1. The predicted molar refractivity (Wildman–Crippen MR) is 102 cm³/mol. The third-order valence-electron chi connectivity index (χ3n) is 4.40.